The molecule has 3 aromatic rings. The minimum atomic E-state index is -4.08. The SMILES string of the molecule is CCNC(=O)[C@H](Cc1ccccc1)N(Cc1ccc(Br)cc1)C(=O)CN(c1ccc(F)c(F)c1)S(C)(=O)=O. The summed E-state index contributed by atoms with van der Waals surface area (Å²) < 4.78 is 54.3. The monoisotopic (exact) mass is 607 g/mol. The molecule has 3 aromatic carbocycles. The van der Waals surface area contributed by atoms with Gasteiger partial charge in [-0.05, 0) is 42.3 Å². The van der Waals surface area contributed by atoms with Gasteiger partial charge in [0.2, 0.25) is 21.8 Å². The van der Waals surface area contributed by atoms with Crippen molar-refractivity contribution in [2.75, 3.05) is 23.7 Å². The van der Waals surface area contributed by atoms with E-state index in [0.717, 1.165) is 28.4 Å². The van der Waals surface area contributed by atoms with E-state index in [1.54, 1.807) is 31.2 Å². The van der Waals surface area contributed by atoms with E-state index < -0.39 is 46.1 Å². The lowest BCUT2D eigenvalue weighted by Crippen LogP contribution is -2.53. The molecule has 38 heavy (non-hydrogen) atoms. The number of amides is 2. The molecular formula is C27H28BrF2N3O4S. The van der Waals surface area contributed by atoms with Gasteiger partial charge in [0.1, 0.15) is 12.6 Å². The predicted octanol–water partition coefficient (Wildman–Crippen LogP) is 4.27. The summed E-state index contributed by atoms with van der Waals surface area (Å²) >= 11 is 3.37. The lowest BCUT2D eigenvalue weighted by Gasteiger charge is -2.33. The Kier molecular flexibility index (Phi) is 9.98. The summed E-state index contributed by atoms with van der Waals surface area (Å²) in [6, 6.07) is 17.9. The number of carbonyl (C=O) groups is 2. The van der Waals surface area contributed by atoms with Crippen molar-refractivity contribution in [2.45, 2.75) is 25.9 Å². The number of benzene rings is 3. The molecule has 1 N–H and O–H groups in total. The summed E-state index contributed by atoms with van der Waals surface area (Å²) in [5.74, 6) is -3.49. The van der Waals surface area contributed by atoms with Gasteiger partial charge < -0.3 is 10.2 Å². The lowest BCUT2D eigenvalue weighted by molar-refractivity contribution is -0.140. The summed E-state index contributed by atoms with van der Waals surface area (Å²) in [6.07, 6.45) is 1.05. The maximum Gasteiger partial charge on any atom is 0.244 e. The van der Waals surface area contributed by atoms with Gasteiger partial charge in [-0.25, -0.2) is 17.2 Å². The number of hydrogen-bond acceptors (Lipinski definition) is 4. The van der Waals surface area contributed by atoms with Crippen molar-refractivity contribution in [1.82, 2.24) is 10.2 Å². The fraction of sp³-hybridized carbons (Fsp3) is 0.259. The molecule has 1 atom stereocenters. The second-order valence-electron chi connectivity index (χ2n) is 8.62. The molecule has 3 rings (SSSR count). The topological polar surface area (TPSA) is 86.8 Å². The summed E-state index contributed by atoms with van der Waals surface area (Å²) in [5.41, 5.74) is 1.31. The molecule has 0 radical (unpaired) electrons. The van der Waals surface area contributed by atoms with Crippen LogP contribution in [0.25, 0.3) is 0 Å². The van der Waals surface area contributed by atoms with Gasteiger partial charge in [0.05, 0.1) is 11.9 Å². The molecule has 0 aliphatic carbocycles. The Morgan fingerprint density at radius 2 is 1.61 bits per heavy atom. The van der Waals surface area contributed by atoms with Crippen LogP contribution in [0.15, 0.2) is 77.3 Å². The van der Waals surface area contributed by atoms with Gasteiger partial charge in [-0.1, -0.05) is 58.4 Å². The largest absolute Gasteiger partial charge is 0.355 e. The van der Waals surface area contributed by atoms with Crippen molar-refractivity contribution >= 4 is 43.5 Å². The van der Waals surface area contributed by atoms with Crippen LogP contribution in [0.1, 0.15) is 18.1 Å². The van der Waals surface area contributed by atoms with Gasteiger partial charge >= 0.3 is 0 Å². The van der Waals surface area contributed by atoms with Gasteiger partial charge in [0.25, 0.3) is 0 Å². The van der Waals surface area contributed by atoms with Crippen molar-refractivity contribution in [1.29, 1.82) is 0 Å². The fourth-order valence-electron chi connectivity index (χ4n) is 3.89. The number of carbonyl (C=O) groups excluding carboxylic acids is 2. The summed E-state index contributed by atoms with van der Waals surface area (Å²) in [6.45, 7) is 1.38. The zero-order chi connectivity index (χ0) is 27.9. The molecule has 0 heterocycles. The molecule has 0 saturated heterocycles. The summed E-state index contributed by atoms with van der Waals surface area (Å²) in [4.78, 5) is 28.4. The van der Waals surface area contributed by atoms with Crippen LogP contribution in [-0.4, -0.2) is 50.5 Å². The van der Waals surface area contributed by atoms with Crippen LogP contribution >= 0.6 is 15.9 Å². The van der Waals surface area contributed by atoms with Crippen molar-refractivity contribution in [3.63, 3.8) is 0 Å². The Morgan fingerprint density at radius 3 is 2.18 bits per heavy atom. The maximum atomic E-state index is 14.0. The Bertz CT molecular complexity index is 1370. The Hall–Kier alpha value is -3.31. The highest BCUT2D eigenvalue weighted by Gasteiger charge is 2.33. The highest BCUT2D eigenvalue weighted by Crippen LogP contribution is 2.23. The highest BCUT2D eigenvalue weighted by atomic mass is 79.9. The normalized spacial score (nSPS) is 12.0. The van der Waals surface area contributed by atoms with Gasteiger partial charge in [-0.3, -0.25) is 13.9 Å². The molecule has 0 saturated carbocycles. The third-order valence-electron chi connectivity index (χ3n) is 5.76. The average Bonchev–Trinajstić information content (AvgIpc) is 2.87. The summed E-state index contributed by atoms with van der Waals surface area (Å²) in [7, 11) is -4.08. The Labute approximate surface area is 229 Å². The van der Waals surface area contributed by atoms with E-state index in [-0.39, 0.29) is 18.7 Å². The van der Waals surface area contributed by atoms with E-state index in [0.29, 0.717) is 22.5 Å². The molecule has 0 aromatic heterocycles. The smallest absolute Gasteiger partial charge is 0.244 e. The van der Waals surface area contributed by atoms with Gasteiger partial charge in [0, 0.05) is 30.0 Å². The minimum absolute atomic E-state index is 0.0100. The van der Waals surface area contributed by atoms with Crippen LogP contribution in [0.5, 0.6) is 0 Å². The van der Waals surface area contributed by atoms with E-state index in [9.17, 15) is 26.8 Å². The third kappa shape index (κ3) is 7.84. The van der Waals surface area contributed by atoms with E-state index in [1.165, 1.54) is 4.90 Å². The molecule has 202 valence electrons. The molecule has 0 spiro atoms. The molecule has 0 aliphatic rings. The number of halogens is 3. The van der Waals surface area contributed by atoms with Crippen LogP contribution in [0.2, 0.25) is 0 Å². The lowest BCUT2D eigenvalue weighted by atomic mass is 10.0. The van der Waals surface area contributed by atoms with Crippen LogP contribution in [0, 0.1) is 11.6 Å². The number of nitrogens with one attached hydrogen (secondary N) is 1. The molecule has 2 amide bonds. The van der Waals surface area contributed by atoms with Gasteiger partial charge in [-0.15, -0.1) is 0 Å². The van der Waals surface area contributed by atoms with E-state index in [4.69, 9.17) is 0 Å². The second kappa shape index (κ2) is 13.0. The van der Waals surface area contributed by atoms with Crippen molar-refractivity contribution in [3.05, 3.63) is 100 Å². The zero-order valence-corrected chi connectivity index (χ0v) is 23.3. The number of rotatable bonds is 11. The average molecular weight is 609 g/mol. The van der Waals surface area contributed by atoms with E-state index in [2.05, 4.69) is 21.2 Å². The maximum absolute atomic E-state index is 14.0. The first-order chi connectivity index (χ1) is 18.0. The first kappa shape index (κ1) is 29.2. The molecular weight excluding hydrogens is 580 g/mol. The summed E-state index contributed by atoms with van der Waals surface area (Å²) in [5, 5.41) is 2.76. The van der Waals surface area contributed by atoms with Gasteiger partial charge in [-0.2, -0.15) is 0 Å². The number of likely N-dealkylation sites (N-methyl/N-ethyl adjacent to an activating group) is 1. The van der Waals surface area contributed by atoms with Crippen molar-refractivity contribution in [3.8, 4) is 0 Å². The van der Waals surface area contributed by atoms with Crippen LogP contribution in [0.4, 0.5) is 14.5 Å². The van der Waals surface area contributed by atoms with E-state index in [1.807, 2.05) is 30.3 Å². The highest BCUT2D eigenvalue weighted by molar-refractivity contribution is 9.10. The minimum Gasteiger partial charge on any atom is -0.355 e. The third-order valence-corrected chi connectivity index (χ3v) is 7.43. The van der Waals surface area contributed by atoms with Crippen LogP contribution in [0.3, 0.4) is 0 Å². The fourth-order valence-corrected chi connectivity index (χ4v) is 4.99. The van der Waals surface area contributed by atoms with Crippen LogP contribution < -0.4 is 9.62 Å². The molecule has 7 nitrogen and oxygen atoms in total. The Morgan fingerprint density at radius 1 is 0.947 bits per heavy atom. The van der Waals surface area contributed by atoms with Gasteiger partial charge in [0.15, 0.2) is 11.6 Å². The Balaban J connectivity index is 2.04. The second-order valence-corrected chi connectivity index (χ2v) is 11.4. The molecule has 11 heteroatoms. The quantitative estimate of drug-likeness (QED) is 0.353. The van der Waals surface area contributed by atoms with Crippen molar-refractivity contribution < 1.29 is 26.8 Å². The molecule has 0 aliphatic heterocycles. The number of sulfonamides is 1. The van der Waals surface area contributed by atoms with Crippen LogP contribution in [-0.2, 0) is 32.6 Å². The first-order valence-corrected chi connectivity index (χ1v) is 14.4. The zero-order valence-electron chi connectivity index (χ0n) is 20.9. The number of nitrogens with zero attached hydrogens (tertiary/aromatic N) is 2. The predicted molar refractivity (Wildman–Crippen MR) is 146 cm³/mol. The van der Waals surface area contributed by atoms with Crippen molar-refractivity contribution in [2.24, 2.45) is 0 Å². The first-order valence-electron chi connectivity index (χ1n) is 11.8. The molecule has 0 bridgehead atoms. The van der Waals surface area contributed by atoms with E-state index >= 15 is 0 Å². The molecule has 0 fully saturated rings. The molecule has 0 unspecified atom stereocenters. The standard InChI is InChI=1S/C27H28BrF2N3O4S/c1-3-31-27(35)25(15-19-7-5-4-6-8-19)32(17-20-9-11-21(28)12-10-20)26(34)18-33(38(2,36)37)22-13-14-23(29)24(30)16-22/h4-14,16,25H,3,15,17-18H2,1-2H3,(H,31,35)/t25-/m0/s1. The number of hydrogen-bond donors (Lipinski definition) is 1. The number of anilines is 1.